The van der Waals surface area contributed by atoms with Crippen LogP contribution in [0.4, 0.5) is 0 Å². The molecule has 0 aromatic rings. The second kappa shape index (κ2) is 7.94. The van der Waals surface area contributed by atoms with Gasteiger partial charge in [-0.2, -0.15) is 0 Å². The molecule has 1 rings (SSSR count). The summed E-state index contributed by atoms with van der Waals surface area (Å²) in [6, 6.07) is -0.438. The van der Waals surface area contributed by atoms with Crippen LogP contribution in [0.25, 0.3) is 0 Å². The summed E-state index contributed by atoms with van der Waals surface area (Å²) in [5.74, 6) is 0.136. The van der Waals surface area contributed by atoms with E-state index >= 15 is 0 Å². The summed E-state index contributed by atoms with van der Waals surface area (Å²) in [6.45, 7) is 5.73. The van der Waals surface area contributed by atoms with Crippen LogP contribution in [0, 0.1) is 5.92 Å². The number of nitrogens with one attached hydrogen (secondary N) is 1. The van der Waals surface area contributed by atoms with Crippen LogP contribution >= 0.6 is 12.4 Å². The predicted molar refractivity (Wildman–Crippen MR) is 72.9 cm³/mol. The van der Waals surface area contributed by atoms with Gasteiger partial charge in [-0.15, -0.1) is 12.4 Å². The van der Waals surface area contributed by atoms with Crippen molar-refractivity contribution < 1.29 is 14.3 Å². The average molecular weight is 281 g/mol. The highest BCUT2D eigenvalue weighted by Gasteiger charge is 2.27. The van der Waals surface area contributed by atoms with Crippen molar-refractivity contribution in [3.05, 3.63) is 0 Å². The molecule has 0 spiro atoms. The molecular formula is C12H25ClN2O3. The maximum Gasteiger partial charge on any atom is 0.237 e. The van der Waals surface area contributed by atoms with E-state index in [0.29, 0.717) is 19.8 Å². The van der Waals surface area contributed by atoms with Crippen LogP contribution < -0.4 is 11.1 Å². The Hall–Kier alpha value is -0.360. The molecule has 1 aliphatic rings. The van der Waals surface area contributed by atoms with Crippen molar-refractivity contribution in [2.75, 3.05) is 26.9 Å². The van der Waals surface area contributed by atoms with E-state index in [0.717, 1.165) is 12.8 Å². The summed E-state index contributed by atoms with van der Waals surface area (Å²) < 4.78 is 10.5. The van der Waals surface area contributed by atoms with Gasteiger partial charge in [0.25, 0.3) is 0 Å². The van der Waals surface area contributed by atoms with E-state index < -0.39 is 6.04 Å². The van der Waals surface area contributed by atoms with Crippen molar-refractivity contribution >= 4 is 18.3 Å². The Morgan fingerprint density at radius 2 is 2.06 bits per heavy atom. The fourth-order valence-corrected chi connectivity index (χ4v) is 1.78. The lowest BCUT2D eigenvalue weighted by Gasteiger charge is -2.28. The highest BCUT2D eigenvalue weighted by molar-refractivity contribution is 5.85. The predicted octanol–water partition coefficient (Wildman–Crippen LogP) is 0.703. The lowest BCUT2D eigenvalue weighted by Crippen LogP contribution is -2.50. The number of rotatable bonds is 5. The van der Waals surface area contributed by atoms with Crippen molar-refractivity contribution in [2.45, 2.75) is 38.3 Å². The highest BCUT2D eigenvalue weighted by Crippen LogP contribution is 2.17. The van der Waals surface area contributed by atoms with Gasteiger partial charge >= 0.3 is 0 Å². The van der Waals surface area contributed by atoms with E-state index in [9.17, 15) is 4.79 Å². The van der Waals surface area contributed by atoms with Crippen molar-refractivity contribution in [1.29, 1.82) is 0 Å². The first-order valence-electron chi connectivity index (χ1n) is 6.12. The number of methoxy groups -OCH3 is 1. The van der Waals surface area contributed by atoms with Gasteiger partial charge in [-0.3, -0.25) is 4.79 Å². The topological polar surface area (TPSA) is 73.6 Å². The highest BCUT2D eigenvalue weighted by atomic mass is 35.5. The molecule has 0 bridgehead atoms. The maximum absolute atomic E-state index is 11.9. The van der Waals surface area contributed by atoms with Gasteiger partial charge in [0.05, 0.1) is 11.6 Å². The van der Waals surface area contributed by atoms with E-state index in [1.807, 2.05) is 13.8 Å². The number of ether oxygens (including phenoxy) is 2. The Kier molecular flexibility index (Phi) is 7.78. The van der Waals surface area contributed by atoms with E-state index in [1.165, 1.54) is 0 Å². The molecule has 1 unspecified atom stereocenters. The van der Waals surface area contributed by atoms with E-state index in [1.54, 1.807) is 7.11 Å². The Bertz CT molecular complexity index is 256. The first-order chi connectivity index (χ1) is 7.96. The number of amides is 1. The third-order valence-electron chi connectivity index (χ3n) is 3.32. The van der Waals surface area contributed by atoms with Crippen LogP contribution in [0.3, 0.4) is 0 Å². The van der Waals surface area contributed by atoms with Gasteiger partial charge in [0, 0.05) is 26.9 Å². The average Bonchev–Trinajstić information content (AvgIpc) is 2.36. The molecule has 0 aliphatic carbocycles. The van der Waals surface area contributed by atoms with Gasteiger partial charge < -0.3 is 20.5 Å². The van der Waals surface area contributed by atoms with Crippen LogP contribution in [0.15, 0.2) is 0 Å². The zero-order valence-electron chi connectivity index (χ0n) is 11.4. The quantitative estimate of drug-likeness (QED) is 0.778. The number of hydrogen-bond donors (Lipinski definition) is 2. The van der Waals surface area contributed by atoms with Gasteiger partial charge in [-0.25, -0.2) is 0 Å². The van der Waals surface area contributed by atoms with E-state index in [4.69, 9.17) is 15.2 Å². The lowest BCUT2D eigenvalue weighted by molar-refractivity contribution is -0.125. The maximum atomic E-state index is 11.9. The van der Waals surface area contributed by atoms with Crippen LogP contribution in [0.5, 0.6) is 0 Å². The number of carbonyl (C=O) groups is 1. The molecule has 0 radical (unpaired) electrons. The molecule has 108 valence electrons. The molecule has 5 nitrogen and oxygen atoms in total. The van der Waals surface area contributed by atoms with Crippen LogP contribution in [-0.4, -0.2) is 44.4 Å². The molecule has 1 fully saturated rings. The van der Waals surface area contributed by atoms with Crippen molar-refractivity contribution in [2.24, 2.45) is 11.7 Å². The minimum absolute atomic E-state index is 0. The van der Waals surface area contributed by atoms with Gasteiger partial charge in [0.15, 0.2) is 0 Å². The van der Waals surface area contributed by atoms with Crippen molar-refractivity contribution in [3.63, 3.8) is 0 Å². The first kappa shape index (κ1) is 17.6. The number of hydrogen-bond acceptors (Lipinski definition) is 4. The van der Waals surface area contributed by atoms with Gasteiger partial charge in [0.1, 0.15) is 0 Å². The van der Waals surface area contributed by atoms with Crippen LogP contribution in [-0.2, 0) is 14.3 Å². The summed E-state index contributed by atoms with van der Waals surface area (Å²) in [5.41, 5.74) is 5.60. The first-order valence-corrected chi connectivity index (χ1v) is 6.12. The molecule has 0 aromatic heterocycles. The van der Waals surface area contributed by atoms with Gasteiger partial charge in [-0.05, 0) is 32.6 Å². The normalized spacial score (nSPS) is 18.9. The largest absolute Gasteiger partial charge is 0.381 e. The molecule has 18 heavy (non-hydrogen) atoms. The molecule has 1 heterocycles. The summed E-state index contributed by atoms with van der Waals surface area (Å²) >= 11 is 0. The summed E-state index contributed by atoms with van der Waals surface area (Å²) in [6.07, 6.45) is 1.73. The minimum Gasteiger partial charge on any atom is -0.381 e. The Morgan fingerprint density at radius 1 is 1.50 bits per heavy atom. The minimum atomic E-state index is -0.438. The number of halogens is 1. The second-order valence-electron chi connectivity index (χ2n) is 5.16. The van der Waals surface area contributed by atoms with Crippen molar-refractivity contribution in [1.82, 2.24) is 5.32 Å². The van der Waals surface area contributed by atoms with Crippen LogP contribution in [0.2, 0.25) is 0 Å². The zero-order valence-corrected chi connectivity index (χ0v) is 12.2. The van der Waals surface area contributed by atoms with E-state index in [2.05, 4.69) is 5.32 Å². The summed E-state index contributed by atoms with van der Waals surface area (Å²) in [5, 5.41) is 2.84. The van der Waals surface area contributed by atoms with E-state index in [-0.39, 0.29) is 29.8 Å². The molecule has 6 heteroatoms. The fraction of sp³-hybridized carbons (Fsp3) is 0.917. The summed E-state index contributed by atoms with van der Waals surface area (Å²) in [7, 11) is 1.63. The Labute approximate surface area is 115 Å². The number of carbonyl (C=O) groups excluding carboxylic acids is 1. The molecule has 0 saturated carbocycles. The van der Waals surface area contributed by atoms with Gasteiger partial charge in [-0.1, -0.05) is 0 Å². The molecule has 1 saturated heterocycles. The van der Waals surface area contributed by atoms with Gasteiger partial charge in [0.2, 0.25) is 5.91 Å². The lowest BCUT2D eigenvalue weighted by atomic mass is 9.92. The third-order valence-corrected chi connectivity index (χ3v) is 3.32. The Balaban J connectivity index is 0.00000289. The standard InChI is InChI=1S/C12H24N2O3.ClH/c1-12(2,16-3)8-14-11(15)10(13)9-4-6-17-7-5-9;/h9-10H,4-8,13H2,1-3H3,(H,14,15);1H. The zero-order chi connectivity index (χ0) is 12.9. The Morgan fingerprint density at radius 3 is 2.56 bits per heavy atom. The van der Waals surface area contributed by atoms with Crippen LogP contribution in [0.1, 0.15) is 26.7 Å². The SMILES string of the molecule is COC(C)(C)CNC(=O)C(N)C1CCOCC1.Cl. The summed E-state index contributed by atoms with van der Waals surface area (Å²) in [4.78, 5) is 11.9. The fourth-order valence-electron chi connectivity index (χ4n) is 1.78. The smallest absolute Gasteiger partial charge is 0.237 e. The molecule has 3 N–H and O–H groups in total. The third kappa shape index (κ3) is 5.52. The molecular weight excluding hydrogens is 256 g/mol. The molecule has 1 atom stereocenters. The van der Waals surface area contributed by atoms with Crippen molar-refractivity contribution in [3.8, 4) is 0 Å². The molecule has 1 aliphatic heterocycles. The monoisotopic (exact) mass is 280 g/mol. The molecule has 0 aromatic carbocycles. The number of nitrogens with two attached hydrogens (primary N) is 1. The second-order valence-corrected chi connectivity index (χ2v) is 5.16. The molecule has 1 amide bonds.